The average molecular weight is 330 g/mol. The minimum absolute atomic E-state index is 0. The van der Waals surface area contributed by atoms with E-state index in [4.69, 9.17) is 21.1 Å². The first-order valence-electron chi connectivity index (χ1n) is 6.44. The monoisotopic (exact) mass is 329 g/mol. The molecule has 0 spiro atoms. The van der Waals surface area contributed by atoms with Crippen LogP contribution in [0.2, 0.25) is 5.02 Å². The summed E-state index contributed by atoms with van der Waals surface area (Å²) in [4.78, 5) is 11.0. The molecule has 114 valence electrons. The minimum Gasteiger partial charge on any atom is -0.478 e. The lowest BCUT2D eigenvalue weighted by atomic mass is 10.1. The van der Waals surface area contributed by atoms with Crippen molar-refractivity contribution >= 4 is 30.0 Å². The van der Waals surface area contributed by atoms with Gasteiger partial charge in [-0.1, -0.05) is 18.5 Å². The first-order chi connectivity index (χ1) is 9.61. The Morgan fingerprint density at radius 1 is 1.33 bits per heavy atom. The van der Waals surface area contributed by atoms with Gasteiger partial charge in [0.2, 0.25) is 0 Å². The highest BCUT2D eigenvalue weighted by Crippen LogP contribution is 2.30. The lowest BCUT2D eigenvalue weighted by molar-refractivity contribution is 0.0697. The van der Waals surface area contributed by atoms with E-state index in [-0.39, 0.29) is 18.0 Å². The van der Waals surface area contributed by atoms with Crippen LogP contribution in [0.15, 0.2) is 34.7 Å². The molecule has 0 aliphatic rings. The molecule has 1 aromatic heterocycles. The minimum atomic E-state index is -0.987. The molecule has 2 rings (SSSR count). The lowest BCUT2D eigenvalue weighted by Gasteiger charge is -2.03. The summed E-state index contributed by atoms with van der Waals surface area (Å²) in [5.74, 6) is 0.385. The van der Waals surface area contributed by atoms with Crippen LogP contribution in [0.1, 0.15) is 29.5 Å². The molecule has 1 aromatic carbocycles. The standard InChI is InChI=1S/C15H16ClNO3.ClH/c1-2-7-17-9-11-4-6-14(20-11)12-8-10(15(18)19)3-5-13(12)16;/h3-6,8,17H,2,7,9H2,1H3,(H,18,19);1H. The highest BCUT2D eigenvalue weighted by atomic mass is 35.5. The maximum atomic E-state index is 11.0. The van der Waals surface area contributed by atoms with E-state index in [2.05, 4.69) is 12.2 Å². The van der Waals surface area contributed by atoms with E-state index in [9.17, 15) is 4.79 Å². The van der Waals surface area contributed by atoms with Crippen LogP contribution in [0.25, 0.3) is 11.3 Å². The zero-order chi connectivity index (χ0) is 14.5. The summed E-state index contributed by atoms with van der Waals surface area (Å²) < 4.78 is 5.69. The number of carboxylic acid groups (broad SMARTS) is 1. The topological polar surface area (TPSA) is 62.5 Å². The Morgan fingerprint density at radius 3 is 2.76 bits per heavy atom. The summed E-state index contributed by atoms with van der Waals surface area (Å²) in [6, 6.07) is 8.23. The highest BCUT2D eigenvalue weighted by Gasteiger charge is 2.12. The molecule has 0 saturated heterocycles. The van der Waals surface area contributed by atoms with E-state index < -0.39 is 5.97 Å². The van der Waals surface area contributed by atoms with Crippen LogP contribution >= 0.6 is 24.0 Å². The van der Waals surface area contributed by atoms with Gasteiger partial charge in [0.1, 0.15) is 11.5 Å². The van der Waals surface area contributed by atoms with E-state index in [0.717, 1.165) is 18.7 Å². The molecule has 2 N–H and O–H groups in total. The Bertz CT molecular complexity index is 611. The molecule has 0 bridgehead atoms. The third kappa shape index (κ3) is 4.49. The number of rotatable bonds is 6. The van der Waals surface area contributed by atoms with Crippen molar-refractivity contribution in [1.82, 2.24) is 5.32 Å². The van der Waals surface area contributed by atoms with Gasteiger partial charge in [0, 0.05) is 5.56 Å². The lowest BCUT2D eigenvalue weighted by Crippen LogP contribution is -2.12. The normalized spacial score (nSPS) is 10.2. The van der Waals surface area contributed by atoms with E-state index in [1.54, 1.807) is 12.1 Å². The Hall–Kier alpha value is -1.49. The molecule has 0 saturated carbocycles. The number of aromatic carboxylic acids is 1. The molecular weight excluding hydrogens is 313 g/mol. The van der Waals surface area contributed by atoms with Crippen molar-refractivity contribution < 1.29 is 14.3 Å². The van der Waals surface area contributed by atoms with Crippen LogP contribution in [0.4, 0.5) is 0 Å². The Morgan fingerprint density at radius 2 is 2.10 bits per heavy atom. The van der Waals surface area contributed by atoms with Crippen LogP contribution in [-0.2, 0) is 6.54 Å². The van der Waals surface area contributed by atoms with Gasteiger partial charge >= 0.3 is 5.97 Å². The van der Waals surface area contributed by atoms with Gasteiger partial charge in [-0.15, -0.1) is 12.4 Å². The van der Waals surface area contributed by atoms with Gasteiger partial charge in [0.25, 0.3) is 0 Å². The van der Waals surface area contributed by atoms with Crippen LogP contribution in [0, 0.1) is 0 Å². The molecular formula is C15H17Cl2NO3. The molecule has 1 heterocycles. The number of hydrogen-bond acceptors (Lipinski definition) is 3. The molecule has 2 aromatic rings. The number of hydrogen-bond donors (Lipinski definition) is 2. The zero-order valence-electron chi connectivity index (χ0n) is 11.6. The van der Waals surface area contributed by atoms with Crippen molar-refractivity contribution in [3.05, 3.63) is 46.7 Å². The number of carbonyl (C=O) groups is 1. The maximum Gasteiger partial charge on any atom is 0.335 e. The third-order valence-corrected chi connectivity index (χ3v) is 3.20. The first kappa shape index (κ1) is 17.6. The summed E-state index contributed by atoms with van der Waals surface area (Å²) in [6.45, 7) is 3.66. The highest BCUT2D eigenvalue weighted by molar-refractivity contribution is 6.33. The maximum absolute atomic E-state index is 11.0. The molecule has 0 radical (unpaired) electrons. The smallest absolute Gasteiger partial charge is 0.335 e. The fourth-order valence-electron chi connectivity index (χ4n) is 1.85. The summed E-state index contributed by atoms with van der Waals surface area (Å²) in [5.41, 5.74) is 0.778. The molecule has 0 aliphatic heterocycles. The molecule has 4 nitrogen and oxygen atoms in total. The van der Waals surface area contributed by atoms with Crippen molar-refractivity contribution in [3.8, 4) is 11.3 Å². The van der Waals surface area contributed by atoms with Crippen LogP contribution in [0.3, 0.4) is 0 Å². The fourth-order valence-corrected chi connectivity index (χ4v) is 2.06. The molecule has 0 aliphatic carbocycles. The fraction of sp³-hybridized carbons (Fsp3) is 0.267. The molecule has 21 heavy (non-hydrogen) atoms. The molecule has 0 unspecified atom stereocenters. The molecule has 6 heteroatoms. The van der Waals surface area contributed by atoms with Gasteiger partial charge in [0.15, 0.2) is 0 Å². The Labute approximate surface area is 134 Å². The SMILES string of the molecule is CCCNCc1ccc(-c2cc(C(=O)O)ccc2Cl)o1.Cl. The average Bonchev–Trinajstić information content (AvgIpc) is 2.88. The van der Waals surface area contributed by atoms with Gasteiger partial charge < -0.3 is 14.8 Å². The first-order valence-corrected chi connectivity index (χ1v) is 6.82. The molecule has 0 amide bonds. The van der Waals surface area contributed by atoms with E-state index >= 15 is 0 Å². The van der Waals surface area contributed by atoms with Gasteiger partial charge in [-0.3, -0.25) is 0 Å². The Kier molecular flexibility index (Phi) is 6.75. The number of benzene rings is 1. The zero-order valence-corrected chi connectivity index (χ0v) is 13.1. The predicted molar refractivity (Wildman–Crippen MR) is 85.4 cm³/mol. The second kappa shape index (κ2) is 8.08. The number of furan rings is 1. The third-order valence-electron chi connectivity index (χ3n) is 2.87. The summed E-state index contributed by atoms with van der Waals surface area (Å²) in [5, 5.41) is 12.7. The van der Waals surface area contributed by atoms with Crippen LogP contribution in [-0.4, -0.2) is 17.6 Å². The summed E-state index contributed by atoms with van der Waals surface area (Å²) in [7, 11) is 0. The van der Waals surface area contributed by atoms with Crippen LogP contribution < -0.4 is 5.32 Å². The van der Waals surface area contributed by atoms with Crippen molar-refractivity contribution in [3.63, 3.8) is 0 Å². The van der Waals surface area contributed by atoms with Gasteiger partial charge in [0.05, 0.1) is 17.1 Å². The number of carboxylic acids is 1. The largest absolute Gasteiger partial charge is 0.478 e. The van der Waals surface area contributed by atoms with E-state index in [1.807, 2.05) is 6.07 Å². The van der Waals surface area contributed by atoms with Crippen molar-refractivity contribution in [1.29, 1.82) is 0 Å². The van der Waals surface area contributed by atoms with Crippen molar-refractivity contribution in [2.75, 3.05) is 6.54 Å². The molecule has 0 fully saturated rings. The van der Waals surface area contributed by atoms with E-state index in [1.165, 1.54) is 12.1 Å². The number of nitrogens with one attached hydrogen (secondary N) is 1. The quantitative estimate of drug-likeness (QED) is 0.779. The van der Waals surface area contributed by atoms with E-state index in [0.29, 0.717) is 22.9 Å². The van der Waals surface area contributed by atoms with Crippen molar-refractivity contribution in [2.24, 2.45) is 0 Å². The Balaban J connectivity index is 0.00000220. The molecule has 0 atom stereocenters. The van der Waals surface area contributed by atoms with Gasteiger partial charge in [-0.25, -0.2) is 4.79 Å². The second-order valence-corrected chi connectivity index (χ2v) is 4.85. The van der Waals surface area contributed by atoms with Crippen molar-refractivity contribution in [2.45, 2.75) is 19.9 Å². The summed E-state index contributed by atoms with van der Waals surface area (Å²) in [6.07, 6.45) is 1.06. The second-order valence-electron chi connectivity index (χ2n) is 4.44. The van der Waals surface area contributed by atoms with Gasteiger partial charge in [-0.05, 0) is 43.3 Å². The predicted octanol–water partition coefficient (Wildman–Crippen LogP) is 4.22. The number of halogens is 2. The van der Waals surface area contributed by atoms with Gasteiger partial charge in [-0.2, -0.15) is 0 Å². The van der Waals surface area contributed by atoms with Crippen LogP contribution in [0.5, 0.6) is 0 Å². The summed E-state index contributed by atoms with van der Waals surface area (Å²) >= 11 is 6.10.